The molecular formula is C4H4F2S. The van der Waals surface area contributed by atoms with Gasteiger partial charge in [-0.05, 0) is 6.08 Å². The highest BCUT2D eigenvalue weighted by Crippen LogP contribution is 2.32. The molecule has 1 saturated heterocycles. The summed E-state index contributed by atoms with van der Waals surface area (Å²) in [5, 5.41) is 0.130. The zero-order chi connectivity index (χ0) is 5.28. The molecule has 0 aliphatic carbocycles. The van der Waals surface area contributed by atoms with Gasteiger partial charge in [-0.25, -0.2) is 0 Å². The Morgan fingerprint density at radius 3 is 2.43 bits per heavy atom. The van der Waals surface area contributed by atoms with Gasteiger partial charge in [0, 0.05) is 11.0 Å². The van der Waals surface area contributed by atoms with Crippen molar-refractivity contribution in [2.24, 2.45) is 0 Å². The second kappa shape index (κ2) is 1.82. The van der Waals surface area contributed by atoms with E-state index in [1.165, 1.54) is 0 Å². The molecule has 1 heterocycles. The first-order valence-electron chi connectivity index (χ1n) is 1.93. The van der Waals surface area contributed by atoms with Gasteiger partial charge in [0.05, 0.1) is 0 Å². The van der Waals surface area contributed by atoms with Crippen molar-refractivity contribution in [3.05, 3.63) is 12.2 Å². The van der Waals surface area contributed by atoms with Crippen LogP contribution in [0.5, 0.6) is 0 Å². The molecule has 0 aromatic heterocycles. The van der Waals surface area contributed by atoms with Gasteiger partial charge in [0.1, 0.15) is 0 Å². The van der Waals surface area contributed by atoms with Gasteiger partial charge in [-0.1, -0.05) is 0 Å². The summed E-state index contributed by atoms with van der Waals surface area (Å²) < 4.78 is 22.3. The lowest BCUT2D eigenvalue weighted by Gasteiger charge is -1.72. The fraction of sp³-hybridized carbons (Fsp3) is 0.500. The van der Waals surface area contributed by atoms with E-state index in [2.05, 4.69) is 0 Å². The molecule has 1 atom stereocenters. The second-order valence-corrected chi connectivity index (χ2v) is 2.60. The van der Waals surface area contributed by atoms with Crippen LogP contribution in [0.25, 0.3) is 0 Å². The van der Waals surface area contributed by atoms with Crippen molar-refractivity contribution in [1.82, 2.24) is 0 Å². The highest BCUT2D eigenvalue weighted by molar-refractivity contribution is 8.07. The summed E-state index contributed by atoms with van der Waals surface area (Å²) >= 11 is 1.54. The van der Waals surface area contributed by atoms with E-state index in [0.717, 1.165) is 11.8 Å². The van der Waals surface area contributed by atoms with Gasteiger partial charge in [-0.15, -0.1) is 0 Å². The van der Waals surface area contributed by atoms with Crippen LogP contribution < -0.4 is 0 Å². The highest BCUT2D eigenvalue weighted by Gasteiger charge is 2.20. The Labute approximate surface area is 44.6 Å². The van der Waals surface area contributed by atoms with Crippen LogP contribution in [0.1, 0.15) is 0 Å². The lowest BCUT2D eigenvalue weighted by molar-refractivity contribution is 0.419. The predicted octanol–water partition coefficient (Wildman–Crippen LogP) is 1.88. The predicted molar refractivity (Wildman–Crippen MR) is 26.5 cm³/mol. The molecule has 1 unspecified atom stereocenters. The largest absolute Gasteiger partial charge is 0.267 e. The standard InChI is InChI=1S/C4H4F2S/c5-4(6)1-3-2-7-3/h1,3H,2H2. The summed E-state index contributed by atoms with van der Waals surface area (Å²) in [6.45, 7) is 0. The summed E-state index contributed by atoms with van der Waals surface area (Å²) in [7, 11) is 0. The van der Waals surface area contributed by atoms with Crippen molar-refractivity contribution < 1.29 is 8.78 Å². The first kappa shape index (κ1) is 5.09. The number of hydrogen-bond donors (Lipinski definition) is 0. The third kappa shape index (κ3) is 1.92. The molecule has 0 N–H and O–H groups in total. The van der Waals surface area contributed by atoms with Crippen molar-refractivity contribution in [1.29, 1.82) is 0 Å². The third-order valence-corrected chi connectivity index (χ3v) is 1.53. The van der Waals surface area contributed by atoms with Crippen LogP contribution in [0.15, 0.2) is 12.2 Å². The Balaban J connectivity index is 2.29. The van der Waals surface area contributed by atoms with E-state index < -0.39 is 6.08 Å². The summed E-state index contributed by atoms with van der Waals surface area (Å²) in [4.78, 5) is 0. The van der Waals surface area contributed by atoms with Crippen LogP contribution in [-0.4, -0.2) is 11.0 Å². The minimum absolute atomic E-state index is 0.130. The van der Waals surface area contributed by atoms with E-state index in [0.29, 0.717) is 0 Å². The number of halogens is 2. The van der Waals surface area contributed by atoms with Gasteiger partial charge < -0.3 is 0 Å². The lowest BCUT2D eigenvalue weighted by atomic mass is 10.5. The molecule has 1 aliphatic heterocycles. The van der Waals surface area contributed by atoms with Crippen molar-refractivity contribution in [2.75, 3.05) is 5.75 Å². The molecule has 0 bridgehead atoms. The Kier molecular flexibility index (Phi) is 1.32. The molecule has 0 spiro atoms. The average molecular weight is 122 g/mol. The SMILES string of the molecule is FC(F)=CC1CS1. The van der Waals surface area contributed by atoms with Crippen LogP contribution in [0.4, 0.5) is 8.78 Å². The van der Waals surface area contributed by atoms with E-state index in [-0.39, 0.29) is 5.25 Å². The van der Waals surface area contributed by atoms with Crippen molar-refractivity contribution in [3.8, 4) is 0 Å². The van der Waals surface area contributed by atoms with Gasteiger partial charge >= 0.3 is 0 Å². The van der Waals surface area contributed by atoms with E-state index in [4.69, 9.17) is 0 Å². The highest BCUT2D eigenvalue weighted by atomic mass is 32.2. The monoisotopic (exact) mass is 122 g/mol. The van der Waals surface area contributed by atoms with E-state index in [9.17, 15) is 8.78 Å². The Hall–Kier alpha value is -0.0500. The van der Waals surface area contributed by atoms with Crippen LogP contribution in [0.3, 0.4) is 0 Å². The molecule has 0 radical (unpaired) electrons. The molecule has 0 amide bonds. The molecule has 0 nitrogen and oxygen atoms in total. The molecule has 0 saturated carbocycles. The van der Waals surface area contributed by atoms with Crippen LogP contribution in [0.2, 0.25) is 0 Å². The van der Waals surface area contributed by atoms with Gasteiger partial charge in [-0.3, -0.25) is 0 Å². The Morgan fingerprint density at radius 2 is 2.29 bits per heavy atom. The quantitative estimate of drug-likeness (QED) is 0.478. The first-order chi connectivity index (χ1) is 3.29. The summed E-state index contributed by atoms with van der Waals surface area (Å²) in [5.74, 6) is 0.872. The number of thioether (sulfide) groups is 1. The molecule has 0 aromatic rings. The molecule has 7 heavy (non-hydrogen) atoms. The van der Waals surface area contributed by atoms with Gasteiger partial charge in [-0.2, -0.15) is 20.5 Å². The van der Waals surface area contributed by atoms with Crippen LogP contribution in [0, 0.1) is 0 Å². The number of hydrogen-bond acceptors (Lipinski definition) is 1. The van der Waals surface area contributed by atoms with Crippen LogP contribution >= 0.6 is 11.8 Å². The average Bonchev–Trinajstić information content (AvgIpc) is 2.17. The molecule has 0 aromatic carbocycles. The summed E-state index contributed by atoms with van der Waals surface area (Å²) in [5.41, 5.74) is 0. The third-order valence-electron chi connectivity index (χ3n) is 0.671. The van der Waals surface area contributed by atoms with Crippen LogP contribution in [-0.2, 0) is 0 Å². The van der Waals surface area contributed by atoms with Crippen molar-refractivity contribution in [2.45, 2.75) is 5.25 Å². The minimum Gasteiger partial charge on any atom is -0.174 e. The normalized spacial score (nSPS) is 26.9. The van der Waals surface area contributed by atoms with E-state index >= 15 is 0 Å². The van der Waals surface area contributed by atoms with Crippen molar-refractivity contribution >= 4 is 11.8 Å². The molecule has 1 aliphatic rings. The maximum atomic E-state index is 11.2. The molecule has 40 valence electrons. The van der Waals surface area contributed by atoms with Gasteiger partial charge in [0.15, 0.2) is 0 Å². The minimum atomic E-state index is -1.55. The molecular weight excluding hydrogens is 118 g/mol. The lowest BCUT2D eigenvalue weighted by Crippen LogP contribution is -1.70. The Morgan fingerprint density at radius 1 is 1.71 bits per heavy atom. The fourth-order valence-electron chi connectivity index (χ4n) is 0.292. The zero-order valence-electron chi connectivity index (χ0n) is 3.53. The zero-order valence-corrected chi connectivity index (χ0v) is 4.34. The molecule has 1 rings (SSSR count). The maximum Gasteiger partial charge on any atom is 0.267 e. The fourth-order valence-corrected chi connectivity index (χ4v) is 0.699. The summed E-state index contributed by atoms with van der Waals surface area (Å²) in [6.07, 6.45) is -0.556. The second-order valence-electron chi connectivity index (χ2n) is 1.33. The topological polar surface area (TPSA) is 0 Å². The maximum absolute atomic E-state index is 11.2. The van der Waals surface area contributed by atoms with E-state index in [1.54, 1.807) is 11.8 Å². The van der Waals surface area contributed by atoms with Crippen molar-refractivity contribution in [3.63, 3.8) is 0 Å². The smallest absolute Gasteiger partial charge is 0.174 e. The molecule has 3 heteroatoms. The molecule has 1 fully saturated rings. The first-order valence-corrected chi connectivity index (χ1v) is 2.98. The van der Waals surface area contributed by atoms with Gasteiger partial charge in [0.25, 0.3) is 6.08 Å². The number of rotatable bonds is 1. The Bertz CT molecular complexity index is 91.9. The van der Waals surface area contributed by atoms with E-state index in [1.807, 2.05) is 0 Å². The van der Waals surface area contributed by atoms with Gasteiger partial charge in [0.2, 0.25) is 0 Å². The summed E-state index contributed by atoms with van der Waals surface area (Å²) in [6, 6.07) is 0.